The molecule has 0 radical (unpaired) electrons. The van der Waals surface area contributed by atoms with Crippen LogP contribution < -0.4 is 21.3 Å². The van der Waals surface area contributed by atoms with Crippen molar-refractivity contribution in [3.05, 3.63) is 264 Å². The number of nitriles is 3. The van der Waals surface area contributed by atoms with Crippen LogP contribution in [0.15, 0.2) is 200 Å². The summed E-state index contributed by atoms with van der Waals surface area (Å²) in [5.41, 5.74) is 13.5. The summed E-state index contributed by atoms with van der Waals surface area (Å²) in [5.74, 6) is 0.593. The Morgan fingerprint density at radius 2 is 0.862 bits per heavy atom. The van der Waals surface area contributed by atoms with Gasteiger partial charge >= 0.3 is 18.1 Å². The molecule has 9 aromatic rings. The Morgan fingerprint density at radius 1 is 0.440 bits per heavy atom. The number of fused-ring (bicyclic) bond motifs is 2. The van der Waals surface area contributed by atoms with Crippen molar-refractivity contribution in [1.82, 2.24) is 39.6 Å². The second-order valence-electron chi connectivity index (χ2n) is 30.8. The highest BCUT2D eigenvalue weighted by molar-refractivity contribution is 6.36. The summed E-state index contributed by atoms with van der Waals surface area (Å²) < 4.78 is 5.25. The molecule has 0 aromatic heterocycles. The third-order valence-electron chi connectivity index (χ3n) is 23.1. The monoisotopic (exact) mass is 1670 g/mol. The van der Waals surface area contributed by atoms with E-state index in [9.17, 15) is 30.2 Å². The highest BCUT2D eigenvalue weighted by atomic mass is 35.5. The predicted molar refractivity (Wildman–Crippen MR) is 468 cm³/mol. The summed E-state index contributed by atoms with van der Waals surface area (Å²) in [7, 11) is 1.73. The number of piperazine rings is 4. The van der Waals surface area contributed by atoms with E-state index in [-0.39, 0.29) is 48.2 Å². The number of likely N-dealkylation sites (tertiary alicyclic amines) is 1. The molecular formula is C92H96Cl6N14O4. The van der Waals surface area contributed by atoms with Crippen LogP contribution in [0.25, 0.3) is 33.4 Å². The molecular weight excluding hydrogens is 1580 g/mol. The molecule has 15 rings (SSSR count). The minimum atomic E-state index is -0.296. The Morgan fingerprint density at radius 3 is 1.29 bits per heavy atom. The number of hydrogen-bond donors (Lipinski definition) is 4. The van der Waals surface area contributed by atoms with Gasteiger partial charge in [-0.05, 0) is 199 Å². The number of benzene rings is 9. The Hall–Kier alpha value is -9.24. The number of carbonyl (C=O) groups is 3. The van der Waals surface area contributed by atoms with Gasteiger partial charge < -0.3 is 45.6 Å². The van der Waals surface area contributed by atoms with Crippen molar-refractivity contribution in [3.63, 3.8) is 0 Å². The summed E-state index contributed by atoms with van der Waals surface area (Å²) >= 11 is 36.8. The molecule has 1 aliphatic carbocycles. The summed E-state index contributed by atoms with van der Waals surface area (Å²) in [5, 5.41) is 42.6. The highest BCUT2D eigenvalue weighted by Crippen LogP contribution is 2.39. The fraction of sp³-hybridized carbons (Fsp3) is 0.348. The van der Waals surface area contributed by atoms with E-state index in [1.807, 2.05) is 76.5 Å². The molecule has 6 fully saturated rings. The topological polar surface area (TPSA) is 203 Å². The largest absolute Gasteiger partial charge is 0.383 e. The van der Waals surface area contributed by atoms with Crippen LogP contribution in [0.5, 0.6) is 0 Å². The zero-order valence-corrected chi connectivity index (χ0v) is 69.8. The average Bonchev–Trinajstić information content (AvgIpc) is 0.980. The first kappa shape index (κ1) is 84.7. The molecule has 6 amide bonds. The van der Waals surface area contributed by atoms with Gasteiger partial charge in [-0.15, -0.1) is 0 Å². The van der Waals surface area contributed by atoms with Crippen molar-refractivity contribution >= 4 is 105 Å². The van der Waals surface area contributed by atoms with E-state index in [2.05, 4.69) is 144 Å². The third-order valence-corrected chi connectivity index (χ3v) is 24.4. The highest BCUT2D eigenvalue weighted by Gasteiger charge is 2.43. The number of carbonyl (C=O) groups excluding carboxylic acids is 3. The Balaban J connectivity index is 0.000000151. The number of ether oxygens (including phenoxy) is 1. The number of rotatable bonds is 18. The van der Waals surface area contributed by atoms with Crippen LogP contribution in [-0.2, 0) is 4.74 Å². The summed E-state index contributed by atoms with van der Waals surface area (Å²) in [6.07, 6.45) is 8.41. The van der Waals surface area contributed by atoms with Gasteiger partial charge in [-0.25, -0.2) is 14.4 Å². The second-order valence-corrected chi connectivity index (χ2v) is 33.4. The molecule has 0 spiro atoms. The predicted octanol–water partition coefficient (Wildman–Crippen LogP) is 20.4. The fourth-order valence-electron chi connectivity index (χ4n) is 17.3. The lowest BCUT2D eigenvalue weighted by molar-refractivity contribution is -0.0251. The molecule has 5 aliphatic heterocycles. The molecule has 3 unspecified atom stereocenters. The first-order valence-electron chi connectivity index (χ1n) is 39.9. The van der Waals surface area contributed by atoms with Gasteiger partial charge in [-0.1, -0.05) is 199 Å². The molecule has 5 saturated heterocycles. The van der Waals surface area contributed by atoms with Crippen LogP contribution in [0.1, 0.15) is 103 Å². The smallest absolute Gasteiger partial charge is 0.321 e. The van der Waals surface area contributed by atoms with Gasteiger partial charge in [0.15, 0.2) is 0 Å². The van der Waals surface area contributed by atoms with Gasteiger partial charge in [0, 0.05) is 157 Å². The van der Waals surface area contributed by atoms with E-state index in [1.165, 1.54) is 42.4 Å². The minimum absolute atomic E-state index is 0.0886. The van der Waals surface area contributed by atoms with E-state index >= 15 is 0 Å². The molecule has 24 heteroatoms. The lowest BCUT2D eigenvalue weighted by Gasteiger charge is -2.52. The van der Waals surface area contributed by atoms with E-state index in [0.29, 0.717) is 109 Å². The average molecular weight is 1670 g/mol. The standard InChI is InChI=1S/C32H33Cl2N5O.C30H31Cl2N5O.C30H32Cl2N4O2/c33-26-15-27(34)17-28(16-26)36-32(40)38-20-30-19-37(29-6-1-2-7-29)12-13-39(30)31(21-38)24-10-8-23(9-11-24)25-5-3-4-22(14-25)18-35;1-2-10-35-11-12-37-28(18-35)19-36(30(38)34-27-15-25(31)14-26(32)16-27)20-29(37)23-8-6-22(7-9-23)24-5-3-4-21(13-24)17-33;1-38-14-13-36-11-9-24(10-12-36)29(20-34-30(37)35-28-17-26(31)16-27(32)18-28)23-7-5-22(6-8-23)25-4-2-3-21(15-25)19-33/h3-5,8-11,14-17,29-31H,1-2,6-7,12-13,19-21H2,(H,36,40);3-9,13-16,28-29H,2,10-12,18-20H2,1H3,(H,34,38);2-8,15-18,24,29H,9-14,20H2,1H3,(H2,34,35,37)/t30-,31?;28-,29?;/m11./s1. The first-order chi connectivity index (χ1) is 56.3. The molecule has 600 valence electrons. The van der Waals surface area contributed by atoms with Gasteiger partial charge in [-0.2, -0.15) is 15.8 Å². The van der Waals surface area contributed by atoms with Gasteiger partial charge in [0.1, 0.15) is 0 Å². The van der Waals surface area contributed by atoms with Gasteiger partial charge in [0.05, 0.1) is 53.6 Å². The maximum atomic E-state index is 13.5. The number of nitrogens with one attached hydrogen (secondary N) is 4. The van der Waals surface area contributed by atoms with Crippen LogP contribution >= 0.6 is 69.6 Å². The Labute approximate surface area is 711 Å². The lowest BCUT2D eigenvalue weighted by Crippen LogP contribution is -2.64. The summed E-state index contributed by atoms with van der Waals surface area (Å²) in [6.45, 7) is 16.0. The second kappa shape index (κ2) is 40.8. The number of nitrogens with zero attached hydrogens (tertiary/aromatic N) is 10. The third kappa shape index (κ3) is 22.5. The number of piperidine rings is 1. The maximum absolute atomic E-state index is 13.5. The van der Waals surface area contributed by atoms with E-state index in [1.54, 1.807) is 67.8 Å². The molecule has 18 nitrogen and oxygen atoms in total. The van der Waals surface area contributed by atoms with Gasteiger partial charge in [0.2, 0.25) is 0 Å². The number of hydrogen-bond acceptors (Lipinski definition) is 12. The maximum Gasteiger partial charge on any atom is 0.321 e. The Kier molecular flexibility index (Phi) is 29.7. The van der Waals surface area contributed by atoms with Crippen molar-refractivity contribution in [2.45, 2.75) is 88.0 Å². The van der Waals surface area contributed by atoms with E-state index in [0.717, 1.165) is 125 Å². The molecule has 6 aliphatic rings. The van der Waals surface area contributed by atoms with Crippen molar-refractivity contribution in [1.29, 1.82) is 15.8 Å². The molecule has 9 aromatic carbocycles. The number of halogens is 6. The van der Waals surface area contributed by atoms with Crippen LogP contribution in [0.3, 0.4) is 0 Å². The molecule has 1 saturated carbocycles. The van der Waals surface area contributed by atoms with Gasteiger partial charge in [-0.3, -0.25) is 14.7 Å². The number of urea groups is 3. The molecule has 0 bridgehead atoms. The normalized spacial score (nSPS) is 19.1. The van der Waals surface area contributed by atoms with Crippen LogP contribution in [0.4, 0.5) is 31.4 Å². The number of anilines is 3. The Bertz CT molecular complexity index is 4950. The van der Waals surface area contributed by atoms with Crippen LogP contribution in [0.2, 0.25) is 30.1 Å². The van der Waals surface area contributed by atoms with Gasteiger partial charge in [0.25, 0.3) is 0 Å². The number of amides is 6. The van der Waals surface area contributed by atoms with E-state index in [4.69, 9.17) is 74.3 Å². The first-order valence-corrected chi connectivity index (χ1v) is 42.2. The zero-order chi connectivity index (χ0) is 81.2. The number of methoxy groups -OCH3 is 1. The van der Waals surface area contributed by atoms with Crippen molar-refractivity contribution < 1.29 is 19.1 Å². The van der Waals surface area contributed by atoms with Crippen molar-refractivity contribution in [2.75, 3.05) is 128 Å². The zero-order valence-electron chi connectivity index (χ0n) is 65.2. The summed E-state index contributed by atoms with van der Waals surface area (Å²) in [6, 6.07) is 71.2. The van der Waals surface area contributed by atoms with Crippen molar-refractivity contribution in [2.24, 2.45) is 5.92 Å². The lowest BCUT2D eigenvalue weighted by atomic mass is 9.79. The molecule has 116 heavy (non-hydrogen) atoms. The van der Waals surface area contributed by atoms with E-state index < -0.39 is 0 Å². The fourth-order valence-corrected chi connectivity index (χ4v) is 18.9. The molecule has 4 N–H and O–H groups in total. The quantitative estimate of drug-likeness (QED) is 0.0634. The molecule has 5 atom stereocenters. The van der Waals surface area contributed by atoms with Crippen LogP contribution in [-0.4, -0.2) is 182 Å². The SMILES string of the molecule is CCCN1CCN2C(c3ccc(-c4cccc(C#N)c4)cc3)CN(C(=O)Nc3cc(Cl)cc(Cl)c3)C[C@H]2C1.COCCN1CCC(C(CNC(=O)Nc2cc(Cl)cc(Cl)c2)c2ccc(-c3cccc(C#N)c3)cc2)CC1.N#Cc1cccc(-c2ccc(C3CN(C(=O)Nc4cc(Cl)cc(Cl)c4)C[C@H]4CN(C5CCCC5)CCN34)cc2)c1. The van der Waals surface area contributed by atoms with Crippen LogP contribution in [0, 0.1) is 39.9 Å². The summed E-state index contributed by atoms with van der Waals surface area (Å²) in [4.78, 5) is 56.4. The van der Waals surface area contributed by atoms with Crippen molar-refractivity contribution in [3.8, 4) is 51.6 Å². The minimum Gasteiger partial charge on any atom is -0.383 e. The molecule has 5 heterocycles.